The molecule has 0 unspecified atom stereocenters. The lowest BCUT2D eigenvalue weighted by molar-refractivity contribution is 0.554. The minimum Gasteiger partial charge on any atom is -0.383 e. The maximum Gasteiger partial charge on any atom is 0.156 e. The van der Waals surface area contributed by atoms with Crippen LogP contribution >= 0.6 is 0 Å². The molecule has 0 amide bonds. The van der Waals surface area contributed by atoms with Crippen LogP contribution in [0.3, 0.4) is 0 Å². The normalized spacial score (nSPS) is 15.6. The van der Waals surface area contributed by atoms with Crippen molar-refractivity contribution in [2.45, 2.75) is 0 Å². The van der Waals surface area contributed by atoms with Gasteiger partial charge in [-0.05, 0) is 18.4 Å². The van der Waals surface area contributed by atoms with E-state index in [0.717, 1.165) is 22.7 Å². The second-order valence-corrected chi connectivity index (χ2v) is 4.84. The first-order valence-electron chi connectivity index (χ1n) is 6.74. The number of benzene rings is 1. The lowest BCUT2D eigenvalue weighted by atomic mass is 10.1. The molecule has 0 saturated carbocycles. The minimum atomic E-state index is 0.778. The molecule has 1 aliphatic heterocycles. The van der Waals surface area contributed by atoms with Crippen molar-refractivity contribution in [1.82, 2.24) is 9.91 Å². The van der Waals surface area contributed by atoms with Crippen LogP contribution in [-0.2, 0) is 0 Å². The van der Waals surface area contributed by atoms with E-state index in [9.17, 15) is 0 Å². The van der Waals surface area contributed by atoms with Crippen molar-refractivity contribution in [2.24, 2.45) is 10.1 Å². The molecule has 0 radical (unpaired) electrons. The SMILES string of the molecule is C=C1C(/C=C/N(C)C)=CC=NN1C(=NC)c1ccccc1. The van der Waals surface area contributed by atoms with E-state index in [1.165, 1.54) is 0 Å². The fraction of sp³-hybridized carbons (Fsp3) is 0.176. The first-order valence-corrected chi connectivity index (χ1v) is 6.74. The third-order valence-corrected chi connectivity index (χ3v) is 3.02. The number of hydrogen-bond donors (Lipinski definition) is 0. The number of hydrogen-bond acceptors (Lipinski definition) is 3. The van der Waals surface area contributed by atoms with E-state index in [1.807, 2.05) is 67.7 Å². The van der Waals surface area contributed by atoms with Crippen molar-refractivity contribution in [1.29, 1.82) is 0 Å². The Morgan fingerprint density at radius 1 is 1.29 bits per heavy atom. The van der Waals surface area contributed by atoms with Gasteiger partial charge in [0.05, 0.1) is 5.70 Å². The van der Waals surface area contributed by atoms with Gasteiger partial charge in [-0.2, -0.15) is 5.10 Å². The van der Waals surface area contributed by atoms with Gasteiger partial charge in [-0.25, -0.2) is 5.01 Å². The van der Waals surface area contributed by atoms with Gasteiger partial charge in [-0.15, -0.1) is 0 Å². The maximum atomic E-state index is 4.39. The highest BCUT2D eigenvalue weighted by Gasteiger charge is 2.19. The zero-order chi connectivity index (χ0) is 15.2. The maximum absolute atomic E-state index is 4.39. The van der Waals surface area contributed by atoms with E-state index in [2.05, 4.69) is 16.7 Å². The zero-order valence-electron chi connectivity index (χ0n) is 12.7. The van der Waals surface area contributed by atoms with Gasteiger partial charge in [0, 0.05) is 38.5 Å². The van der Waals surface area contributed by atoms with Crippen molar-refractivity contribution in [2.75, 3.05) is 21.1 Å². The largest absolute Gasteiger partial charge is 0.383 e. The number of hydrazone groups is 1. The van der Waals surface area contributed by atoms with Gasteiger partial charge in [0.15, 0.2) is 5.84 Å². The molecule has 0 spiro atoms. The average molecular weight is 280 g/mol. The fourth-order valence-corrected chi connectivity index (χ4v) is 1.97. The smallest absolute Gasteiger partial charge is 0.156 e. The summed E-state index contributed by atoms with van der Waals surface area (Å²) in [4.78, 5) is 6.35. The fourth-order valence-electron chi connectivity index (χ4n) is 1.97. The predicted molar refractivity (Wildman–Crippen MR) is 89.3 cm³/mol. The van der Waals surface area contributed by atoms with Crippen molar-refractivity contribution >= 4 is 12.1 Å². The molecular weight excluding hydrogens is 260 g/mol. The third kappa shape index (κ3) is 3.48. The standard InChI is InChI=1S/C17H20N4/c1-14-15(11-13-20(3)4)10-12-19-21(14)17(18-2)16-8-6-5-7-9-16/h5-13H,1H2,2-4H3/b13-11+,18-17?. The van der Waals surface area contributed by atoms with Gasteiger partial charge in [0.2, 0.25) is 0 Å². The predicted octanol–water partition coefficient (Wildman–Crippen LogP) is 2.88. The summed E-state index contributed by atoms with van der Waals surface area (Å²) in [7, 11) is 5.73. The van der Waals surface area contributed by atoms with Gasteiger partial charge in [0.25, 0.3) is 0 Å². The van der Waals surface area contributed by atoms with E-state index in [4.69, 9.17) is 0 Å². The molecule has 1 aromatic carbocycles. The van der Waals surface area contributed by atoms with Gasteiger partial charge in [-0.3, -0.25) is 4.99 Å². The number of amidine groups is 1. The van der Waals surface area contributed by atoms with Gasteiger partial charge < -0.3 is 4.90 Å². The Labute approximate surface area is 126 Å². The van der Waals surface area contributed by atoms with Crippen LogP contribution in [0.4, 0.5) is 0 Å². The molecule has 21 heavy (non-hydrogen) atoms. The molecule has 4 nitrogen and oxygen atoms in total. The van der Waals surface area contributed by atoms with Crippen molar-refractivity contribution in [3.05, 3.63) is 72.1 Å². The first-order chi connectivity index (χ1) is 10.1. The van der Waals surface area contributed by atoms with Crippen LogP contribution < -0.4 is 0 Å². The van der Waals surface area contributed by atoms with Crippen molar-refractivity contribution in [3.63, 3.8) is 0 Å². The Morgan fingerprint density at radius 3 is 2.62 bits per heavy atom. The molecule has 1 heterocycles. The molecule has 1 aromatic rings. The van der Waals surface area contributed by atoms with Gasteiger partial charge in [0.1, 0.15) is 0 Å². The summed E-state index contributed by atoms with van der Waals surface area (Å²) in [5.74, 6) is 0.778. The summed E-state index contributed by atoms with van der Waals surface area (Å²) < 4.78 is 0. The summed E-state index contributed by atoms with van der Waals surface area (Å²) in [5, 5.41) is 6.16. The van der Waals surface area contributed by atoms with Crippen molar-refractivity contribution < 1.29 is 0 Å². The summed E-state index contributed by atoms with van der Waals surface area (Å²) in [6.45, 7) is 4.14. The number of nitrogens with zero attached hydrogens (tertiary/aromatic N) is 4. The third-order valence-electron chi connectivity index (χ3n) is 3.02. The average Bonchev–Trinajstić information content (AvgIpc) is 2.49. The molecule has 0 saturated heterocycles. The number of aliphatic imine (C=N–C) groups is 1. The van der Waals surface area contributed by atoms with Gasteiger partial charge in [-0.1, -0.05) is 36.9 Å². The summed E-state index contributed by atoms with van der Waals surface area (Å²) in [6.07, 6.45) is 7.70. The van der Waals surface area contributed by atoms with Crippen LogP contribution in [0.5, 0.6) is 0 Å². The Hall–Kier alpha value is -2.62. The van der Waals surface area contributed by atoms with Crippen LogP contribution in [0, 0.1) is 0 Å². The topological polar surface area (TPSA) is 31.2 Å². The molecule has 2 rings (SSSR count). The molecule has 0 aliphatic carbocycles. The highest BCUT2D eigenvalue weighted by Crippen LogP contribution is 2.21. The Balaban J connectivity index is 2.28. The molecule has 4 heteroatoms. The van der Waals surface area contributed by atoms with Gasteiger partial charge >= 0.3 is 0 Å². The second-order valence-electron chi connectivity index (χ2n) is 4.84. The highest BCUT2D eigenvalue weighted by atomic mass is 15.5. The number of allylic oxidation sites excluding steroid dienone is 2. The van der Waals surface area contributed by atoms with E-state index in [-0.39, 0.29) is 0 Å². The molecule has 0 N–H and O–H groups in total. The molecule has 0 bridgehead atoms. The summed E-state index contributed by atoms with van der Waals surface area (Å²) >= 11 is 0. The molecule has 1 aliphatic rings. The van der Waals surface area contributed by atoms with E-state index in [1.54, 1.807) is 18.3 Å². The molecule has 0 fully saturated rings. The quantitative estimate of drug-likeness (QED) is 0.630. The van der Waals surface area contributed by atoms with E-state index >= 15 is 0 Å². The number of rotatable bonds is 3. The van der Waals surface area contributed by atoms with Crippen LogP contribution in [0.1, 0.15) is 5.56 Å². The molecule has 0 aromatic heterocycles. The van der Waals surface area contributed by atoms with Crippen LogP contribution in [0.25, 0.3) is 0 Å². The summed E-state index contributed by atoms with van der Waals surface area (Å²) in [5.41, 5.74) is 2.83. The van der Waals surface area contributed by atoms with Crippen molar-refractivity contribution in [3.8, 4) is 0 Å². The summed E-state index contributed by atoms with van der Waals surface area (Å²) in [6, 6.07) is 9.98. The monoisotopic (exact) mass is 280 g/mol. The molecule has 108 valence electrons. The molecule has 0 atom stereocenters. The Bertz CT molecular complexity index is 621. The Kier molecular flexibility index (Phi) is 4.72. The Morgan fingerprint density at radius 2 is 2.00 bits per heavy atom. The first kappa shape index (κ1) is 14.8. The minimum absolute atomic E-state index is 0.778. The van der Waals surface area contributed by atoms with Crippen LogP contribution in [0.15, 0.2) is 76.6 Å². The van der Waals surface area contributed by atoms with Crippen LogP contribution in [0.2, 0.25) is 0 Å². The van der Waals surface area contributed by atoms with E-state index < -0.39 is 0 Å². The highest BCUT2D eigenvalue weighted by molar-refractivity contribution is 6.01. The zero-order valence-corrected chi connectivity index (χ0v) is 12.7. The lowest BCUT2D eigenvalue weighted by Gasteiger charge is -2.25. The molecular formula is C17H20N4. The second kappa shape index (κ2) is 6.70. The lowest BCUT2D eigenvalue weighted by Crippen LogP contribution is -2.28. The van der Waals surface area contributed by atoms with E-state index in [0.29, 0.717) is 0 Å². The van der Waals surface area contributed by atoms with Crippen LogP contribution in [-0.4, -0.2) is 43.1 Å².